The molecule has 0 amide bonds. The summed E-state index contributed by atoms with van der Waals surface area (Å²) in [5.74, 6) is 0. The van der Waals surface area contributed by atoms with Crippen molar-refractivity contribution in [3.8, 4) is 0 Å². The average Bonchev–Trinajstić information content (AvgIpc) is 1.30. The van der Waals surface area contributed by atoms with Gasteiger partial charge in [-0.3, -0.25) is 0 Å². The number of likely N-dealkylation sites (N-methyl/N-ethyl adjacent to an activating group) is 1. The molecule has 0 aromatic rings. The van der Waals surface area contributed by atoms with Gasteiger partial charge in [0.15, 0.2) is 0 Å². The van der Waals surface area contributed by atoms with Crippen molar-refractivity contribution >= 4 is 0 Å². The monoisotopic (exact) mass is 175 g/mol. The van der Waals surface area contributed by atoms with Crippen LogP contribution in [-0.4, -0.2) is 54.8 Å². The molecule has 4 nitrogen and oxygen atoms in total. The van der Waals surface area contributed by atoms with E-state index in [1.807, 2.05) is 0 Å². The van der Waals surface area contributed by atoms with Gasteiger partial charge in [-0.15, -0.1) is 0 Å². The number of nitrogens with zero attached hydrogens (tertiary/aromatic N) is 1. The average molecular weight is 176 g/mol. The van der Waals surface area contributed by atoms with E-state index in [4.69, 9.17) is 5.11 Å². The largest absolute Gasteiger partial charge is 1.00 e. The van der Waals surface area contributed by atoms with E-state index in [9.17, 15) is 0 Å². The first-order chi connectivity index (χ1) is 3.06. The first-order valence-electron chi connectivity index (χ1n) is 2.47. The van der Waals surface area contributed by atoms with Crippen LogP contribution in [0.2, 0.25) is 0 Å². The van der Waals surface area contributed by atoms with Gasteiger partial charge in [0.05, 0.1) is 27.7 Å². The molecule has 0 spiro atoms. The summed E-state index contributed by atoms with van der Waals surface area (Å²) in [6.07, 6.45) is 0. The summed E-state index contributed by atoms with van der Waals surface area (Å²) in [4.78, 5) is 0. The molecule has 10 heavy (non-hydrogen) atoms. The van der Waals surface area contributed by atoms with Gasteiger partial charge < -0.3 is 32.9 Å². The Morgan fingerprint density at radius 2 is 1.40 bits per heavy atom. The molecule has 5 heteroatoms. The molecule has 0 aliphatic rings. The maximum Gasteiger partial charge on any atom is 0.101 e. The van der Waals surface area contributed by atoms with E-state index >= 15 is 0 Å². The van der Waals surface area contributed by atoms with Crippen molar-refractivity contribution in [2.45, 2.75) is 0 Å². The Bertz CT molecular complexity index is 55.3. The first-order valence-corrected chi connectivity index (χ1v) is 2.47. The van der Waals surface area contributed by atoms with Crippen molar-refractivity contribution in [2.24, 2.45) is 0 Å². The zero-order valence-electron chi connectivity index (χ0n) is 6.69. The first kappa shape index (κ1) is 22.5. The van der Waals surface area contributed by atoms with Crippen molar-refractivity contribution in [3.63, 3.8) is 0 Å². The van der Waals surface area contributed by atoms with Crippen molar-refractivity contribution in [1.82, 2.24) is 0 Å². The van der Waals surface area contributed by atoms with Crippen molar-refractivity contribution in [3.05, 3.63) is 0 Å². The summed E-state index contributed by atoms with van der Waals surface area (Å²) in [5.41, 5.74) is 0. The molecule has 0 atom stereocenters. The molecule has 0 unspecified atom stereocenters. The standard InChI is InChI=1S/C5H14NO.ClH.2H2O/c1-6(2,3)4-5-7;;;/h7H,4-5H2,1-3H3;1H;2*1H2/q+1;;;/p-1. The molecular weight excluding hydrogens is 158 g/mol. The van der Waals surface area contributed by atoms with Gasteiger partial charge in [0.25, 0.3) is 0 Å². The summed E-state index contributed by atoms with van der Waals surface area (Å²) < 4.78 is 0.844. The minimum Gasteiger partial charge on any atom is -1.00 e. The lowest BCUT2D eigenvalue weighted by Gasteiger charge is -2.21. The quantitative estimate of drug-likeness (QED) is 0.419. The van der Waals surface area contributed by atoms with Gasteiger partial charge in [-0.1, -0.05) is 0 Å². The molecule has 0 bridgehead atoms. The Morgan fingerprint density at radius 1 is 1.10 bits per heavy atom. The SMILES string of the molecule is C[N+](C)(C)CCO.O.O.[Cl-]. The minimum atomic E-state index is 0. The molecular formula is C5H18ClNO3. The Balaban J connectivity index is -0.0000000600. The highest BCUT2D eigenvalue weighted by molar-refractivity contribution is 4.19. The molecule has 0 aromatic carbocycles. The van der Waals surface area contributed by atoms with Crippen molar-refractivity contribution in [1.29, 1.82) is 0 Å². The van der Waals surface area contributed by atoms with Crippen LogP contribution in [0.25, 0.3) is 0 Å². The van der Waals surface area contributed by atoms with Crippen LogP contribution in [0.3, 0.4) is 0 Å². The minimum absolute atomic E-state index is 0. The van der Waals surface area contributed by atoms with Gasteiger partial charge in [-0.25, -0.2) is 0 Å². The lowest BCUT2D eigenvalue weighted by Crippen LogP contribution is -3.00. The molecule has 0 radical (unpaired) electrons. The number of aliphatic hydroxyl groups is 1. The Kier molecular flexibility index (Phi) is 20.5. The molecule has 0 aliphatic heterocycles. The van der Waals surface area contributed by atoms with E-state index in [-0.39, 0.29) is 30.0 Å². The van der Waals surface area contributed by atoms with E-state index in [2.05, 4.69) is 21.1 Å². The Labute approximate surface area is 68.1 Å². The summed E-state index contributed by atoms with van der Waals surface area (Å²) >= 11 is 0. The van der Waals surface area contributed by atoms with E-state index in [1.165, 1.54) is 0 Å². The Morgan fingerprint density at radius 3 is 1.40 bits per heavy atom. The predicted octanol–water partition coefficient (Wildman–Crippen LogP) is -4.96. The lowest BCUT2D eigenvalue weighted by atomic mass is 10.5. The number of rotatable bonds is 2. The van der Waals surface area contributed by atoms with Gasteiger partial charge in [0.2, 0.25) is 0 Å². The predicted molar refractivity (Wildman–Crippen MR) is 37.2 cm³/mol. The molecule has 0 fully saturated rings. The molecule has 0 aromatic heterocycles. The van der Waals surface area contributed by atoms with Crippen LogP contribution in [0.1, 0.15) is 0 Å². The molecule has 0 rings (SSSR count). The van der Waals surface area contributed by atoms with Crippen LogP contribution in [0.4, 0.5) is 0 Å². The lowest BCUT2D eigenvalue weighted by molar-refractivity contribution is -0.870. The summed E-state index contributed by atoms with van der Waals surface area (Å²) in [6.45, 7) is 1.11. The second-order valence-corrected chi connectivity index (χ2v) is 2.74. The van der Waals surface area contributed by atoms with E-state index in [0.29, 0.717) is 0 Å². The van der Waals surface area contributed by atoms with E-state index in [0.717, 1.165) is 11.0 Å². The summed E-state index contributed by atoms with van der Waals surface area (Å²) in [7, 11) is 6.16. The van der Waals surface area contributed by atoms with Gasteiger partial charge >= 0.3 is 0 Å². The van der Waals surface area contributed by atoms with Gasteiger partial charge in [-0.05, 0) is 0 Å². The highest BCUT2D eigenvalue weighted by atomic mass is 35.5. The third-order valence-electron chi connectivity index (χ3n) is 0.771. The topological polar surface area (TPSA) is 83.2 Å². The highest BCUT2D eigenvalue weighted by Gasteiger charge is 2.02. The number of hydrogen-bond acceptors (Lipinski definition) is 1. The van der Waals surface area contributed by atoms with Gasteiger partial charge in [0.1, 0.15) is 6.54 Å². The van der Waals surface area contributed by atoms with Crippen LogP contribution in [0.5, 0.6) is 0 Å². The third-order valence-corrected chi connectivity index (χ3v) is 0.771. The number of aliphatic hydroxyl groups excluding tert-OH is 1. The normalized spacial score (nSPS) is 8.40. The van der Waals surface area contributed by atoms with Crippen LogP contribution < -0.4 is 12.4 Å². The van der Waals surface area contributed by atoms with E-state index in [1.54, 1.807) is 0 Å². The van der Waals surface area contributed by atoms with Crippen molar-refractivity contribution in [2.75, 3.05) is 34.3 Å². The Hall–Kier alpha value is 0.130. The molecule has 0 heterocycles. The fraction of sp³-hybridized carbons (Fsp3) is 1.00. The summed E-state index contributed by atoms with van der Waals surface area (Å²) in [5, 5.41) is 8.39. The summed E-state index contributed by atoms with van der Waals surface area (Å²) in [6, 6.07) is 0. The van der Waals surface area contributed by atoms with Gasteiger partial charge in [-0.2, -0.15) is 0 Å². The smallest absolute Gasteiger partial charge is 0.101 e. The molecule has 68 valence electrons. The van der Waals surface area contributed by atoms with Gasteiger partial charge in [0, 0.05) is 0 Å². The van der Waals surface area contributed by atoms with Crippen LogP contribution >= 0.6 is 0 Å². The fourth-order valence-electron chi connectivity index (χ4n) is 0.300. The molecule has 0 saturated heterocycles. The van der Waals surface area contributed by atoms with Crippen LogP contribution in [0, 0.1) is 0 Å². The van der Waals surface area contributed by atoms with Crippen LogP contribution in [0.15, 0.2) is 0 Å². The third kappa shape index (κ3) is 24.2. The second-order valence-electron chi connectivity index (χ2n) is 2.74. The highest BCUT2D eigenvalue weighted by Crippen LogP contribution is 1.84. The second kappa shape index (κ2) is 9.13. The zero-order chi connectivity index (χ0) is 5.91. The number of quaternary nitrogens is 1. The number of hydrogen-bond donors (Lipinski definition) is 1. The number of halogens is 1. The molecule has 0 aliphatic carbocycles. The molecule has 0 saturated carbocycles. The fourth-order valence-corrected chi connectivity index (χ4v) is 0.300. The maximum absolute atomic E-state index is 8.39. The van der Waals surface area contributed by atoms with Crippen LogP contribution in [-0.2, 0) is 0 Å². The zero-order valence-corrected chi connectivity index (χ0v) is 7.44. The van der Waals surface area contributed by atoms with E-state index < -0.39 is 0 Å². The maximum atomic E-state index is 8.39. The van der Waals surface area contributed by atoms with Crippen molar-refractivity contribution < 1.29 is 32.9 Å². The molecule has 5 N–H and O–H groups in total.